The van der Waals surface area contributed by atoms with Crippen LogP contribution in [0, 0.1) is 0 Å². The lowest BCUT2D eigenvalue weighted by Gasteiger charge is -1.92. The molecule has 0 atom stereocenters. The Labute approximate surface area is 53.1 Å². The van der Waals surface area contributed by atoms with Crippen LogP contribution in [0.1, 0.15) is 0 Å². The molecule has 0 spiro atoms. The first-order valence-corrected chi connectivity index (χ1v) is 2.95. The number of rotatable bonds is 2. The van der Waals surface area contributed by atoms with Gasteiger partial charge in [0, 0.05) is 0 Å². The highest BCUT2D eigenvalue weighted by molar-refractivity contribution is 7.81. The molecule has 7 heavy (non-hydrogen) atoms. The minimum Gasteiger partial charge on any atom is -0.454 e. The van der Waals surface area contributed by atoms with Crippen LogP contribution < -0.4 is 0 Å². The molecule has 0 aliphatic carbocycles. The molecule has 0 N–H and O–H groups in total. The third-order valence-electron chi connectivity index (χ3n) is 0.355. The maximum absolute atomic E-state index is 10.1. The van der Waals surface area contributed by atoms with E-state index in [1.54, 1.807) is 0 Å². The number of esters is 1. The van der Waals surface area contributed by atoms with Gasteiger partial charge in [0.15, 0.2) is 0 Å². The van der Waals surface area contributed by atoms with Crippen LogP contribution in [0.4, 0.5) is 0 Å². The molecule has 0 aromatic rings. The van der Waals surface area contributed by atoms with Crippen LogP contribution in [0.25, 0.3) is 0 Å². The molecule has 0 radical (unpaired) electrons. The highest BCUT2D eigenvalue weighted by atomic mass is 32.1. The number of ether oxygens (including phenoxy) is 1. The maximum atomic E-state index is 10.1. The fraction of sp³-hybridized carbons (Fsp3) is 0.667. The first kappa shape index (κ1) is 7.17. The Kier molecular flexibility index (Phi) is 4.44. The van der Waals surface area contributed by atoms with E-state index in [0.717, 1.165) is 0 Å². The third-order valence-corrected chi connectivity index (χ3v) is 0.742. The Morgan fingerprint density at radius 3 is 2.29 bits per heavy atom. The van der Waals surface area contributed by atoms with E-state index in [4.69, 9.17) is 0 Å². The number of carbonyl (C=O) groups is 1. The topological polar surface area (TPSA) is 26.3 Å². The number of carbonyl (C=O) groups excluding carboxylic acids is 1. The Morgan fingerprint density at radius 1 is 1.57 bits per heavy atom. The van der Waals surface area contributed by atoms with E-state index in [9.17, 15) is 4.79 Å². The first-order chi connectivity index (χ1) is 3.31. The largest absolute Gasteiger partial charge is 0.454 e. The molecule has 42 valence electrons. The molecule has 0 unspecified atom stereocenters. The number of thiol groups is 2. The van der Waals surface area contributed by atoms with E-state index < -0.39 is 0 Å². The summed E-state index contributed by atoms with van der Waals surface area (Å²) in [4.78, 5) is 10.1. The smallest absolute Gasteiger partial charge is 0.316 e. The van der Waals surface area contributed by atoms with Crippen LogP contribution in [0.5, 0.6) is 0 Å². The minimum atomic E-state index is -0.335. The molecule has 0 fully saturated rings. The molecule has 0 aromatic heterocycles. The molecular weight excluding hydrogens is 132 g/mol. The van der Waals surface area contributed by atoms with E-state index in [1.165, 1.54) is 0 Å². The Morgan fingerprint density at radius 2 is 2.14 bits per heavy atom. The van der Waals surface area contributed by atoms with Crippen LogP contribution in [-0.4, -0.2) is 17.7 Å². The molecule has 0 saturated heterocycles. The van der Waals surface area contributed by atoms with Crippen molar-refractivity contribution in [1.29, 1.82) is 0 Å². The van der Waals surface area contributed by atoms with Crippen LogP contribution in [0.3, 0.4) is 0 Å². The molecule has 0 aromatic carbocycles. The molecule has 0 rings (SSSR count). The van der Waals surface area contributed by atoms with Crippen molar-refractivity contribution in [2.75, 3.05) is 11.7 Å². The fourth-order valence-corrected chi connectivity index (χ4v) is 0.353. The molecule has 0 saturated carbocycles. The standard InChI is InChI=1S/C3H6O2S2/c4-3(1-6)5-2-7/h6-7H,1-2H2. The lowest BCUT2D eigenvalue weighted by molar-refractivity contribution is -0.138. The second-order valence-corrected chi connectivity index (χ2v) is 1.38. The van der Waals surface area contributed by atoms with Gasteiger partial charge in [-0.1, -0.05) is 0 Å². The second-order valence-electron chi connectivity index (χ2n) is 0.804. The highest BCUT2D eigenvalue weighted by Crippen LogP contribution is 1.82. The maximum Gasteiger partial charge on any atom is 0.316 e. The molecule has 4 heteroatoms. The third kappa shape index (κ3) is 4.01. The van der Waals surface area contributed by atoms with Gasteiger partial charge in [0.2, 0.25) is 0 Å². The zero-order valence-electron chi connectivity index (χ0n) is 3.63. The van der Waals surface area contributed by atoms with Crippen molar-refractivity contribution < 1.29 is 9.53 Å². The highest BCUT2D eigenvalue weighted by Gasteiger charge is 1.92. The summed E-state index contributed by atoms with van der Waals surface area (Å²) in [7, 11) is 0. The number of hydrogen-bond acceptors (Lipinski definition) is 4. The van der Waals surface area contributed by atoms with Gasteiger partial charge < -0.3 is 4.74 Å². The summed E-state index contributed by atoms with van der Waals surface area (Å²) in [5.41, 5.74) is 0. The van der Waals surface area contributed by atoms with Gasteiger partial charge in [-0.2, -0.15) is 12.6 Å². The van der Waals surface area contributed by atoms with E-state index in [1.807, 2.05) is 0 Å². The fourth-order valence-electron chi connectivity index (χ4n) is 0.118. The van der Waals surface area contributed by atoms with Gasteiger partial charge in [-0.25, -0.2) is 0 Å². The summed E-state index contributed by atoms with van der Waals surface area (Å²) < 4.78 is 4.34. The molecule has 0 amide bonds. The zero-order valence-corrected chi connectivity index (χ0v) is 5.41. The average molecular weight is 138 g/mol. The predicted octanol–water partition coefficient (Wildman–Crippen LogP) is 0.347. The van der Waals surface area contributed by atoms with Gasteiger partial charge in [-0.05, 0) is 0 Å². The van der Waals surface area contributed by atoms with Gasteiger partial charge in [-0.15, -0.1) is 12.6 Å². The summed E-state index contributed by atoms with van der Waals surface area (Å²) in [6, 6.07) is 0. The van der Waals surface area contributed by atoms with Crippen molar-refractivity contribution in [3.63, 3.8) is 0 Å². The molecular formula is C3H6O2S2. The van der Waals surface area contributed by atoms with Crippen molar-refractivity contribution in [3.8, 4) is 0 Å². The van der Waals surface area contributed by atoms with Crippen LogP contribution >= 0.6 is 25.3 Å². The molecule has 0 bridgehead atoms. The van der Waals surface area contributed by atoms with E-state index in [-0.39, 0.29) is 17.7 Å². The van der Waals surface area contributed by atoms with Crippen LogP contribution in [0.2, 0.25) is 0 Å². The summed E-state index contributed by atoms with van der Waals surface area (Å²) in [5.74, 6) is -0.0710. The van der Waals surface area contributed by atoms with Crippen molar-refractivity contribution in [1.82, 2.24) is 0 Å². The van der Waals surface area contributed by atoms with E-state index >= 15 is 0 Å². The molecule has 0 aliphatic heterocycles. The lowest BCUT2D eigenvalue weighted by atomic mass is 10.8. The summed E-state index contributed by atoms with van der Waals surface area (Å²) >= 11 is 7.28. The van der Waals surface area contributed by atoms with Crippen molar-refractivity contribution in [2.24, 2.45) is 0 Å². The molecule has 2 nitrogen and oxygen atoms in total. The van der Waals surface area contributed by atoms with Crippen molar-refractivity contribution >= 4 is 31.2 Å². The Hall–Kier alpha value is 0.170. The van der Waals surface area contributed by atoms with Crippen molar-refractivity contribution in [3.05, 3.63) is 0 Å². The van der Waals surface area contributed by atoms with Gasteiger partial charge in [-0.3, -0.25) is 4.79 Å². The summed E-state index contributed by atoms with van der Waals surface area (Å²) in [6.07, 6.45) is 0. The second kappa shape index (κ2) is 4.33. The van der Waals surface area contributed by atoms with Crippen LogP contribution in [0.15, 0.2) is 0 Å². The van der Waals surface area contributed by atoms with Crippen molar-refractivity contribution in [2.45, 2.75) is 0 Å². The number of hydrogen-bond donors (Lipinski definition) is 2. The summed E-state index contributed by atoms with van der Waals surface area (Å²) in [6.45, 7) is 0. The summed E-state index contributed by atoms with van der Waals surface area (Å²) in [5, 5.41) is 0. The quantitative estimate of drug-likeness (QED) is 0.327. The minimum absolute atomic E-state index is 0.126. The molecule has 0 aliphatic rings. The van der Waals surface area contributed by atoms with Gasteiger partial charge >= 0.3 is 5.97 Å². The van der Waals surface area contributed by atoms with Gasteiger partial charge in [0.1, 0.15) is 5.94 Å². The normalized spacial score (nSPS) is 8.29. The lowest BCUT2D eigenvalue weighted by Crippen LogP contribution is -2.02. The predicted molar refractivity (Wildman–Crippen MR) is 33.8 cm³/mol. The van der Waals surface area contributed by atoms with Gasteiger partial charge in [0.25, 0.3) is 0 Å². The Balaban J connectivity index is 3.00. The molecule has 0 heterocycles. The van der Waals surface area contributed by atoms with E-state index in [0.29, 0.717) is 0 Å². The average Bonchev–Trinajstić information content (AvgIpc) is 1.68. The van der Waals surface area contributed by atoms with Crippen LogP contribution in [-0.2, 0) is 9.53 Å². The zero-order chi connectivity index (χ0) is 5.70. The van der Waals surface area contributed by atoms with E-state index in [2.05, 4.69) is 30.0 Å². The SMILES string of the molecule is O=C(CS)OCS. The van der Waals surface area contributed by atoms with Gasteiger partial charge in [0.05, 0.1) is 5.75 Å². The monoisotopic (exact) mass is 138 g/mol. The first-order valence-electron chi connectivity index (χ1n) is 1.68. The Bertz CT molecular complexity index is 64.0.